The average Bonchev–Trinajstić information content (AvgIpc) is 2.68. The van der Waals surface area contributed by atoms with Crippen LogP contribution in [0.2, 0.25) is 0 Å². The van der Waals surface area contributed by atoms with Crippen LogP contribution in [-0.4, -0.2) is 13.3 Å². The van der Waals surface area contributed by atoms with Crippen molar-refractivity contribution in [2.75, 3.05) is 12.1 Å². The summed E-state index contributed by atoms with van der Waals surface area (Å²) in [5.41, 5.74) is 4.73. The van der Waals surface area contributed by atoms with Crippen molar-refractivity contribution < 1.29 is 0 Å². The Labute approximate surface area is 149 Å². The van der Waals surface area contributed by atoms with Crippen LogP contribution in [0.15, 0.2) is 90.0 Å². The van der Waals surface area contributed by atoms with Gasteiger partial charge in [0.05, 0.1) is 11.9 Å². The molecule has 0 saturated carbocycles. The Hall–Kier alpha value is -2.91. The predicted octanol–water partition coefficient (Wildman–Crippen LogP) is 4.45. The maximum atomic E-state index is 4.49. The molecule has 3 rings (SSSR count). The zero-order valence-corrected chi connectivity index (χ0v) is 14.5. The van der Waals surface area contributed by atoms with Crippen LogP contribution >= 0.6 is 0 Å². The molecule has 0 atom stereocenters. The molecule has 0 radical (unpaired) electrons. The van der Waals surface area contributed by atoms with Gasteiger partial charge in [-0.05, 0) is 28.8 Å². The molecule has 3 aromatic carbocycles. The summed E-state index contributed by atoms with van der Waals surface area (Å²) in [6.45, 7) is 1.74. The summed E-state index contributed by atoms with van der Waals surface area (Å²) >= 11 is 0. The molecule has 0 aliphatic rings. The van der Waals surface area contributed by atoms with Crippen molar-refractivity contribution in [3.63, 3.8) is 0 Å². The van der Waals surface area contributed by atoms with E-state index in [4.69, 9.17) is 0 Å². The van der Waals surface area contributed by atoms with Crippen molar-refractivity contribution in [1.29, 1.82) is 0 Å². The van der Waals surface area contributed by atoms with Crippen molar-refractivity contribution >= 4 is 11.9 Å². The summed E-state index contributed by atoms with van der Waals surface area (Å²) in [6, 6.07) is 29.0. The Kier molecular flexibility index (Phi) is 5.96. The van der Waals surface area contributed by atoms with Crippen molar-refractivity contribution in [1.82, 2.24) is 5.32 Å². The molecule has 0 heterocycles. The lowest BCUT2D eigenvalue weighted by Gasteiger charge is -2.12. The first-order chi connectivity index (χ1) is 12.3. The van der Waals surface area contributed by atoms with Crippen LogP contribution < -0.4 is 10.3 Å². The minimum atomic E-state index is 0.857. The van der Waals surface area contributed by atoms with Gasteiger partial charge in [-0.25, -0.2) is 0 Å². The van der Waals surface area contributed by atoms with Gasteiger partial charge in [0.1, 0.15) is 0 Å². The van der Waals surface area contributed by atoms with E-state index in [0.717, 1.165) is 24.3 Å². The second-order valence-electron chi connectivity index (χ2n) is 5.93. The number of hydrogen-bond acceptors (Lipinski definition) is 3. The van der Waals surface area contributed by atoms with E-state index in [1.54, 1.807) is 0 Å². The molecule has 3 nitrogen and oxygen atoms in total. The molecular weight excluding hydrogens is 306 g/mol. The van der Waals surface area contributed by atoms with E-state index in [9.17, 15) is 0 Å². The lowest BCUT2D eigenvalue weighted by atomic mass is 10.1. The minimum absolute atomic E-state index is 0.857. The SMILES string of the molecule is CN(N=Cc1ccc(CNCc2ccccc2)cc1)c1ccccc1. The van der Waals surface area contributed by atoms with Gasteiger partial charge in [-0.2, -0.15) is 5.10 Å². The predicted molar refractivity (Wildman–Crippen MR) is 106 cm³/mol. The molecule has 126 valence electrons. The van der Waals surface area contributed by atoms with Gasteiger partial charge in [-0.3, -0.25) is 5.01 Å². The monoisotopic (exact) mass is 329 g/mol. The Morgan fingerprint density at radius 1 is 0.760 bits per heavy atom. The Balaban J connectivity index is 1.51. The first kappa shape index (κ1) is 16.9. The second kappa shape index (κ2) is 8.81. The first-order valence-corrected chi connectivity index (χ1v) is 8.47. The van der Waals surface area contributed by atoms with Gasteiger partial charge >= 0.3 is 0 Å². The summed E-state index contributed by atoms with van der Waals surface area (Å²) in [5, 5.41) is 9.83. The van der Waals surface area contributed by atoms with Crippen LogP contribution in [0.1, 0.15) is 16.7 Å². The Bertz CT molecular complexity index is 781. The fourth-order valence-corrected chi connectivity index (χ4v) is 2.53. The van der Waals surface area contributed by atoms with Gasteiger partial charge in [0.2, 0.25) is 0 Å². The van der Waals surface area contributed by atoms with Crippen LogP contribution in [0.3, 0.4) is 0 Å². The van der Waals surface area contributed by atoms with E-state index in [1.165, 1.54) is 11.1 Å². The van der Waals surface area contributed by atoms with Gasteiger partial charge in [-0.1, -0.05) is 72.8 Å². The van der Waals surface area contributed by atoms with Crippen molar-refractivity contribution in [2.45, 2.75) is 13.1 Å². The third-order valence-electron chi connectivity index (χ3n) is 3.99. The van der Waals surface area contributed by atoms with E-state index in [0.29, 0.717) is 0 Å². The topological polar surface area (TPSA) is 27.6 Å². The van der Waals surface area contributed by atoms with Crippen molar-refractivity contribution in [2.24, 2.45) is 5.10 Å². The maximum absolute atomic E-state index is 4.49. The molecule has 3 heteroatoms. The van der Waals surface area contributed by atoms with Crippen LogP contribution in [0, 0.1) is 0 Å². The van der Waals surface area contributed by atoms with E-state index in [-0.39, 0.29) is 0 Å². The van der Waals surface area contributed by atoms with E-state index in [1.807, 2.05) is 54.7 Å². The standard InChI is InChI=1S/C22H23N3/c1-25(22-10-6-3-7-11-22)24-18-21-14-12-20(13-15-21)17-23-16-19-8-4-2-5-9-19/h2-15,18,23H,16-17H2,1H3. The largest absolute Gasteiger partial charge is 0.309 e. The molecule has 0 saturated heterocycles. The molecule has 0 aliphatic carbocycles. The Morgan fingerprint density at radius 3 is 1.96 bits per heavy atom. The summed E-state index contributed by atoms with van der Waals surface area (Å²) in [7, 11) is 1.95. The molecule has 3 aromatic rings. The molecule has 0 spiro atoms. The van der Waals surface area contributed by atoms with E-state index >= 15 is 0 Å². The fourth-order valence-electron chi connectivity index (χ4n) is 2.53. The van der Waals surface area contributed by atoms with Crippen LogP contribution in [-0.2, 0) is 13.1 Å². The van der Waals surface area contributed by atoms with Gasteiger partial charge in [0, 0.05) is 20.1 Å². The highest BCUT2D eigenvalue weighted by Gasteiger charge is 1.97. The summed E-state index contributed by atoms with van der Waals surface area (Å²) in [4.78, 5) is 0. The highest BCUT2D eigenvalue weighted by molar-refractivity contribution is 5.80. The molecule has 0 aromatic heterocycles. The molecule has 0 bridgehead atoms. The fraction of sp³-hybridized carbons (Fsp3) is 0.136. The average molecular weight is 329 g/mol. The number of hydrogen-bond donors (Lipinski definition) is 1. The molecule has 0 amide bonds. The zero-order valence-electron chi connectivity index (χ0n) is 14.5. The lowest BCUT2D eigenvalue weighted by molar-refractivity contribution is 0.693. The summed E-state index contributed by atoms with van der Waals surface area (Å²) in [5.74, 6) is 0. The lowest BCUT2D eigenvalue weighted by Crippen LogP contribution is -2.12. The van der Waals surface area contributed by atoms with Gasteiger partial charge in [0.25, 0.3) is 0 Å². The molecule has 25 heavy (non-hydrogen) atoms. The van der Waals surface area contributed by atoms with Crippen molar-refractivity contribution in [3.8, 4) is 0 Å². The molecule has 1 N–H and O–H groups in total. The normalized spacial score (nSPS) is 10.9. The van der Waals surface area contributed by atoms with Crippen LogP contribution in [0.4, 0.5) is 5.69 Å². The minimum Gasteiger partial charge on any atom is -0.309 e. The molecule has 0 unspecified atom stereocenters. The number of nitrogens with one attached hydrogen (secondary N) is 1. The summed E-state index contributed by atoms with van der Waals surface area (Å²) < 4.78 is 0. The quantitative estimate of drug-likeness (QED) is 0.512. The summed E-state index contributed by atoms with van der Waals surface area (Å²) in [6.07, 6.45) is 1.88. The number of nitrogens with zero attached hydrogens (tertiary/aromatic N) is 2. The highest BCUT2D eigenvalue weighted by atomic mass is 15.4. The van der Waals surface area contributed by atoms with Gasteiger partial charge in [-0.15, -0.1) is 0 Å². The second-order valence-corrected chi connectivity index (χ2v) is 5.93. The smallest absolute Gasteiger partial charge is 0.0590 e. The van der Waals surface area contributed by atoms with E-state index < -0.39 is 0 Å². The zero-order chi connectivity index (χ0) is 17.3. The number of hydrazone groups is 1. The molecule has 0 fully saturated rings. The molecule has 0 aliphatic heterocycles. The number of benzene rings is 3. The number of para-hydroxylation sites is 1. The van der Waals surface area contributed by atoms with Gasteiger partial charge < -0.3 is 5.32 Å². The van der Waals surface area contributed by atoms with E-state index in [2.05, 4.69) is 58.9 Å². The van der Waals surface area contributed by atoms with Crippen molar-refractivity contribution in [3.05, 3.63) is 102 Å². The highest BCUT2D eigenvalue weighted by Crippen LogP contribution is 2.11. The van der Waals surface area contributed by atoms with Crippen LogP contribution in [0.5, 0.6) is 0 Å². The number of rotatable bonds is 7. The first-order valence-electron chi connectivity index (χ1n) is 8.47. The number of anilines is 1. The maximum Gasteiger partial charge on any atom is 0.0590 e. The third-order valence-corrected chi connectivity index (χ3v) is 3.99. The van der Waals surface area contributed by atoms with Gasteiger partial charge in [0.15, 0.2) is 0 Å². The third kappa shape index (κ3) is 5.30. The molecular formula is C22H23N3. The Morgan fingerprint density at radius 2 is 1.32 bits per heavy atom. The van der Waals surface area contributed by atoms with Crippen LogP contribution in [0.25, 0.3) is 0 Å².